The number of nitrogen functional groups attached to an aromatic ring is 1. The minimum absolute atomic E-state index is 0.0669. The second-order valence-electron chi connectivity index (χ2n) is 3.82. The number of anilines is 1. The minimum atomic E-state index is -0.217. The zero-order valence-corrected chi connectivity index (χ0v) is 11.1. The van der Waals surface area contributed by atoms with Gasteiger partial charge in [0.15, 0.2) is 6.61 Å². The van der Waals surface area contributed by atoms with Gasteiger partial charge < -0.3 is 15.8 Å². The van der Waals surface area contributed by atoms with Gasteiger partial charge in [0.25, 0.3) is 5.91 Å². The minimum Gasteiger partial charge on any atom is -0.482 e. The van der Waals surface area contributed by atoms with E-state index in [0.717, 1.165) is 0 Å². The summed E-state index contributed by atoms with van der Waals surface area (Å²) in [6, 6.07) is 3.04. The van der Waals surface area contributed by atoms with Crippen molar-refractivity contribution in [3.05, 3.63) is 22.2 Å². The summed E-state index contributed by atoms with van der Waals surface area (Å²) < 4.78 is 5.26. The molecule has 0 spiro atoms. The molecule has 4 nitrogen and oxygen atoms in total. The Labute approximate surface area is 110 Å². The summed E-state index contributed by atoms with van der Waals surface area (Å²) in [5, 5.41) is 3.38. The van der Waals surface area contributed by atoms with Crippen LogP contribution in [-0.4, -0.2) is 18.6 Å². The molecule has 0 aromatic heterocycles. The van der Waals surface area contributed by atoms with E-state index in [2.05, 4.69) is 5.32 Å². The van der Waals surface area contributed by atoms with Crippen molar-refractivity contribution in [2.45, 2.75) is 19.9 Å². The van der Waals surface area contributed by atoms with Crippen LogP contribution in [0.25, 0.3) is 0 Å². The summed E-state index contributed by atoms with van der Waals surface area (Å²) in [5.41, 5.74) is 6.02. The summed E-state index contributed by atoms with van der Waals surface area (Å²) in [5.74, 6) is 0.128. The number of ether oxygens (including phenoxy) is 1. The van der Waals surface area contributed by atoms with Gasteiger partial charge in [-0.15, -0.1) is 0 Å². The van der Waals surface area contributed by atoms with Gasteiger partial charge in [0.05, 0.1) is 15.7 Å². The number of hydrogen-bond donors (Lipinski definition) is 2. The quantitative estimate of drug-likeness (QED) is 0.831. The van der Waals surface area contributed by atoms with E-state index in [9.17, 15) is 4.79 Å². The smallest absolute Gasteiger partial charge is 0.258 e. The highest BCUT2D eigenvalue weighted by Crippen LogP contribution is 2.32. The monoisotopic (exact) mass is 276 g/mol. The SMILES string of the molecule is CC(C)NC(=O)COc1cc(Cl)c(Cl)cc1N. The molecule has 0 saturated carbocycles. The fraction of sp³-hybridized carbons (Fsp3) is 0.364. The third-order valence-electron chi connectivity index (χ3n) is 1.86. The van der Waals surface area contributed by atoms with Crippen molar-refractivity contribution < 1.29 is 9.53 Å². The lowest BCUT2D eigenvalue weighted by molar-refractivity contribution is -0.123. The molecule has 0 aliphatic carbocycles. The molecule has 1 amide bonds. The zero-order chi connectivity index (χ0) is 13.0. The lowest BCUT2D eigenvalue weighted by Gasteiger charge is -2.11. The summed E-state index contributed by atoms with van der Waals surface area (Å²) in [6.07, 6.45) is 0. The zero-order valence-electron chi connectivity index (χ0n) is 9.59. The Kier molecular flexibility index (Phi) is 4.90. The second kappa shape index (κ2) is 5.98. The van der Waals surface area contributed by atoms with Crippen molar-refractivity contribution in [3.8, 4) is 5.75 Å². The first-order valence-corrected chi connectivity index (χ1v) is 5.82. The van der Waals surface area contributed by atoms with Crippen molar-refractivity contribution in [1.82, 2.24) is 5.32 Å². The van der Waals surface area contributed by atoms with E-state index >= 15 is 0 Å². The molecule has 1 rings (SSSR count). The van der Waals surface area contributed by atoms with Crippen LogP contribution in [0.5, 0.6) is 5.75 Å². The number of nitrogens with two attached hydrogens (primary N) is 1. The number of hydrogen-bond acceptors (Lipinski definition) is 3. The Balaban J connectivity index is 2.63. The van der Waals surface area contributed by atoms with E-state index in [4.69, 9.17) is 33.7 Å². The standard InChI is InChI=1S/C11H14Cl2N2O2/c1-6(2)15-11(16)5-17-10-4-8(13)7(12)3-9(10)14/h3-4,6H,5,14H2,1-2H3,(H,15,16). The molecule has 17 heavy (non-hydrogen) atoms. The lowest BCUT2D eigenvalue weighted by atomic mass is 10.3. The topological polar surface area (TPSA) is 64.3 Å². The van der Waals surface area contributed by atoms with Gasteiger partial charge in [0, 0.05) is 12.1 Å². The van der Waals surface area contributed by atoms with Gasteiger partial charge in [-0.05, 0) is 19.9 Å². The molecule has 94 valence electrons. The molecule has 6 heteroatoms. The molecule has 0 aliphatic rings. The highest BCUT2D eigenvalue weighted by atomic mass is 35.5. The van der Waals surface area contributed by atoms with E-state index in [1.54, 1.807) is 0 Å². The number of carbonyl (C=O) groups is 1. The Hall–Kier alpha value is -1.13. The molecule has 1 aromatic rings. The summed E-state index contributed by atoms with van der Waals surface area (Å²) in [7, 11) is 0. The van der Waals surface area contributed by atoms with Gasteiger partial charge >= 0.3 is 0 Å². The van der Waals surface area contributed by atoms with Crippen molar-refractivity contribution in [3.63, 3.8) is 0 Å². The van der Waals surface area contributed by atoms with Crippen molar-refractivity contribution in [2.24, 2.45) is 0 Å². The van der Waals surface area contributed by atoms with Crippen molar-refractivity contribution >= 4 is 34.8 Å². The van der Waals surface area contributed by atoms with Crippen LogP contribution < -0.4 is 15.8 Å². The van der Waals surface area contributed by atoms with E-state index in [-0.39, 0.29) is 18.6 Å². The van der Waals surface area contributed by atoms with Crippen molar-refractivity contribution in [2.75, 3.05) is 12.3 Å². The normalized spacial score (nSPS) is 10.4. The highest BCUT2D eigenvalue weighted by Gasteiger charge is 2.09. The Bertz CT molecular complexity index is 422. The third-order valence-corrected chi connectivity index (χ3v) is 2.58. The Morgan fingerprint density at radius 3 is 2.59 bits per heavy atom. The molecule has 0 radical (unpaired) electrons. The predicted octanol–water partition coefficient (Wildman–Crippen LogP) is 2.48. The van der Waals surface area contributed by atoms with E-state index in [1.165, 1.54) is 12.1 Å². The first-order valence-electron chi connectivity index (χ1n) is 5.07. The fourth-order valence-corrected chi connectivity index (χ4v) is 1.50. The third kappa shape index (κ3) is 4.32. The Morgan fingerprint density at radius 2 is 2.00 bits per heavy atom. The Morgan fingerprint density at radius 1 is 1.41 bits per heavy atom. The van der Waals surface area contributed by atoms with E-state index in [0.29, 0.717) is 21.5 Å². The maximum atomic E-state index is 11.4. The molecule has 0 aliphatic heterocycles. The fourth-order valence-electron chi connectivity index (χ4n) is 1.18. The average Bonchev–Trinajstić information content (AvgIpc) is 2.20. The first-order chi connectivity index (χ1) is 7.90. The predicted molar refractivity (Wildman–Crippen MR) is 69.6 cm³/mol. The van der Waals surface area contributed by atoms with Gasteiger partial charge in [-0.3, -0.25) is 4.79 Å². The number of halogens is 2. The molecule has 0 heterocycles. The van der Waals surface area contributed by atoms with Crippen LogP contribution in [0.3, 0.4) is 0 Å². The van der Waals surface area contributed by atoms with Crippen molar-refractivity contribution in [1.29, 1.82) is 0 Å². The van der Waals surface area contributed by atoms with Gasteiger partial charge in [-0.2, -0.15) is 0 Å². The molecule has 0 unspecified atom stereocenters. The molecule has 0 bridgehead atoms. The molecule has 1 aromatic carbocycles. The number of benzene rings is 1. The van der Waals surface area contributed by atoms with Gasteiger partial charge in [0.1, 0.15) is 5.75 Å². The van der Waals surface area contributed by atoms with Crippen LogP contribution in [0.1, 0.15) is 13.8 Å². The van der Waals surface area contributed by atoms with Crippen LogP contribution in [0.15, 0.2) is 12.1 Å². The number of carbonyl (C=O) groups excluding carboxylic acids is 1. The first kappa shape index (κ1) is 13.9. The van der Waals surface area contributed by atoms with Crippen LogP contribution >= 0.6 is 23.2 Å². The van der Waals surface area contributed by atoms with E-state index < -0.39 is 0 Å². The largest absolute Gasteiger partial charge is 0.482 e. The van der Waals surface area contributed by atoms with E-state index in [1.807, 2.05) is 13.8 Å². The van der Waals surface area contributed by atoms with Crippen LogP contribution in [0.2, 0.25) is 10.0 Å². The lowest BCUT2D eigenvalue weighted by Crippen LogP contribution is -2.34. The maximum absolute atomic E-state index is 11.4. The number of amides is 1. The number of rotatable bonds is 4. The molecule has 0 saturated heterocycles. The van der Waals surface area contributed by atoms with Gasteiger partial charge in [-0.25, -0.2) is 0 Å². The van der Waals surface area contributed by atoms with Crippen LogP contribution in [0.4, 0.5) is 5.69 Å². The van der Waals surface area contributed by atoms with Gasteiger partial charge in [0.2, 0.25) is 0 Å². The number of nitrogens with one attached hydrogen (secondary N) is 1. The molecule has 3 N–H and O–H groups in total. The second-order valence-corrected chi connectivity index (χ2v) is 4.63. The molecule has 0 fully saturated rings. The van der Waals surface area contributed by atoms with Crippen LogP contribution in [0, 0.1) is 0 Å². The molecule has 0 atom stereocenters. The molecular weight excluding hydrogens is 263 g/mol. The highest BCUT2D eigenvalue weighted by molar-refractivity contribution is 6.42. The average molecular weight is 277 g/mol. The summed E-state index contributed by atoms with van der Waals surface area (Å²) in [4.78, 5) is 11.4. The molecular formula is C11H14Cl2N2O2. The van der Waals surface area contributed by atoms with Crippen LogP contribution in [-0.2, 0) is 4.79 Å². The summed E-state index contributed by atoms with van der Waals surface area (Å²) >= 11 is 11.6. The summed E-state index contributed by atoms with van der Waals surface area (Å²) in [6.45, 7) is 3.62. The van der Waals surface area contributed by atoms with Gasteiger partial charge in [-0.1, -0.05) is 23.2 Å². The maximum Gasteiger partial charge on any atom is 0.258 e.